The third-order valence-electron chi connectivity index (χ3n) is 2.91. The van der Waals surface area contributed by atoms with Crippen LogP contribution in [-0.4, -0.2) is 48.4 Å². The van der Waals surface area contributed by atoms with Gasteiger partial charge in [-0.15, -0.1) is 0 Å². The first-order valence-corrected chi connectivity index (χ1v) is 6.96. The molecule has 1 aromatic carbocycles. The highest BCUT2D eigenvalue weighted by molar-refractivity contribution is 5.74. The SMILES string of the molecule is CC(O)CCN(C)C(=O)NC(C)COc1ccc(F)cc1. The Morgan fingerprint density at radius 3 is 2.57 bits per heavy atom. The summed E-state index contributed by atoms with van der Waals surface area (Å²) >= 11 is 0. The van der Waals surface area contributed by atoms with Gasteiger partial charge in [-0.3, -0.25) is 0 Å². The van der Waals surface area contributed by atoms with Crippen molar-refractivity contribution in [3.63, 3.8) is 0 Å². The van der Waals surface area contributed by atoms with E-state index in [1.807, 2.05) is 6.92 Å². The summed E-state index contributed by atoms with van der Waals surface area (Å²) in [5.41, 5.74) is 0. The molecule has 1 rings (SSSR count). The fourth-order valence-electron chi connectivity index (χ4n) is 1.60. The van der Waals surface area contributed by atoms with Gasteiger partial charge in [0.15, 0.2) is 0 Å². The van der Waals surface area contributed by atoms with Crippen molar-refractivity contribution >= 4 is 6.03 Å². The molecule has 0 saturated heterocycles. The van der Waals surface area contributed by atoms with Gasteiger partial charge in [0.05, 0.1) is 12.1 Å². The van der Waals surface area contributed by atoms with Crippen molar-refractivity contribution in [2.45, 2.75) is 32.4 Å². The summed E-state index contributed by atoms with van der Waals surface area (Å²) in [7, 11) is 1.67. The molecule has 21 heavy (non-hydrogen) atoms. The Labute approximate surface area is 124 Å². The molecule has 0 saturated carbocycles. The zero-order valence-corrected chi connectivity index (χ0v) is 12.7. The summed E-state index contributed by atoms with van der Waals surface area (Å²) in [5, 5.41) is 12.0. The van der Waals surface area contributed by atoms with Crippen LogP contribution in [0.2, 0.25) is 0 Å². The number of amides is 2. The maximum Gasteiger partial charge on any atom is 0.317 e. The summed E-state index contributed by atoms with van der Waals surface area (Å²) < 4.78 is 18.2. The Balaban J connectivity index is 2.30. The number of aliphatic hydroxyl groups is 1. The third kappa shape index (κ3) is 6.94. The maximum absolute atomic E-state index is 12.7. The highest BCUT2D eigenvalue weighted by Gasteiger charge is 2.13. The molecule has 0 aliphatic rings. The van der Waals surface area contributed by atoms with Crippen LogP contribution in [-0.2, 0) is 0 Å². The van der Waals surface area contributed by atoms with Gasteiger partial charge in [-0.1, -0.05) is 0 Å². The molecule has 118 valence electrons. The Morgan fingerprint density at radius 1 is 1.38 bits per heavy atom. The van der Waals surface area contributed by atoms with Crippen LogP contribution in [0.15, 0.2) is 24.3 Å². The van der Waals surface area contributed by atoms with Gasteiger partial charge < -0.3 is 20.1 Å². The lowest BCUT2D eigenvalue weighted by atomic mass is 10.3. The van der Waals surface area contributed by atoms with Crippen LogP contribution in [0.25, 0.3) is 0 Å². The molecule has 0 aliphatic heterocycles. The zero-order chi connectivity index (χ0) is 15.8. The summed E-state index contributed by atoms with van der Waals surface area (Å²) in [6.07, 6.45) is 0.101. The van der Waals surface area contributed by atoms with Gasteiger partial charge in [0.2, 0.25) is 0 Å². The van der Waals surface area contributed by atoms with Crippen molar-refractivity contribution in [3.05, 3.63) is 30.1 Å². The summed E-state index contributed by atoms with van der Waals surface area (Å²) in [6.45, 7) is 4.28. The van der Waals surface area contributed by atoms with Gasteiger partial charge in [-0.05, 0) is 44.5 Å². The van der Waals surface area contributed by atoms with Gasteiger partial charge in [-0.25, -0.2) is 9.18 Å². The minimum absolute atomic E-state index is 0.184. The van der Waals surface area contributed by atoms with Gasteiger partial charge in [0.25, 0.3) is 0 Å². The van der Waals surface area contributed by atoms with E-state index in [2.05, 4.69) is 5.32 Å². The van der Waals surface area contributed by atoms with E-state index in [1.54, 1.807) is 26.1 Å². The van der Waals surface area contributed by atoms with E-state index in [1.165, 1.54) is 17.0 Å². The minimum atomic E-state index is -0.431. The van der Waals surface area contributed by atoms with E-state index in [9.17, 15) is 14.3 Å². The maximum atomic E-state index is 12.7. The van der Waals surface area contributed by atoms with Crippen molar-refractivity contribution in [1.29, 1.82) is 0 Å². The minimum Gasteiger partial charge on any atom is -0.491 e. The number of hydrogen-bond donors (Lipinski definition) is 2. The predicted molar refractivity (Wildman–Crippen MR) is 78.8 cm³/mol. The predicted octanol–water partition coefficient (Wildman–Crippen LogP) is 2.01. The average Bonchev–Trinajstić information content (AvgIpc) is 2.44. The van der Waals surface area contributed by atoms with Crippen LogP contribution in [0.4, 0.5) is 9.18 Å². The number of aliphatic hydroxyl groups excluding tert-OH is 1. The van der Waals surface area contributed by atoms with Gasteiger partial charge in [-0.2, -0.15) is 0 Å². The third-order valence-corrected chi connectivity index (χ3v) is 2.91. The molecule has 2 unspecified atom stereocenters. The number of nitrogens with one attached hydrogen (secondary N) is 1. The van der Waals surface area contributed by atoms with Crippen LogP contribution >= 0.6 is 0 Å². The van der Waals surface area contributed by atoms with Crippen molar-refractivity contribution in [1.82, 2.24) is 10.2 Å². The van der Waals surface area contributed by atoms with E-state index in [0.29, 0.717) is 25.3 Å². The van der Waals surface area contributed by atoms with E-state index < -0.39 is 6.10 Å². The molecule has 2 N–H and O–H groups in total. The molecule has 2 atom stereocenters. The topological polar surface area (TPSA) is 61.8 Å². The lowest BCUT2D eigenvalue weighted by Gasteiger charge is -2.22. The molecular weight excluding hydrogens is 275 g/mol. The summed E-state index contributed by atoms with van der Waals surface area (Å²) in [6, 6.07) is 5.32. The first-order chi connectivity index (χ1) is 9.88. The highest BCUT2D eigenvalue weighted by atomic mass is 19.1. The summed E-state index contributed by atoms with van der Waals surface area (Å²) in [4.78, 5) is 13.4. The fourth-order valence-corrected chi connectivity index (χ4v) is 1.60. The van der Waals surface area contributed by atoms with E-state index in [0.717, 1.165) is 0 Å². The van der Waals surface area contributed by atoms with E-state index in [-0.39, 0.29) is 17.9 Å². The number of urea groups is 1. The van der Waals surface area contributed by atoms with Crippen LogP contribution in [0.5, 0.6) is 5.75 Å². The molecule has 2 amide bonds. The normalized spacial score (nSPS) is 13.4. The Bertz CT molecular complexity index is 437. The number of nitrogens with zero attached hydrogens (tertiary/aromatic N) is 1. The summed E-state index contributed by atoms with van der Waals surface area (Å²) in [5.74, 6) is 0.239. The smallest absolute Gasteiger partial charge is 0.317 e. The molecular formula is C15H23FN2O3. The zero-order valence-electron chi connectivity index (χ0n) is 12.7. The molecule has 0 aliphatic carbocycles. The second-order valence-corrected chi connectivity index (χ2v) is 5.17. The molecule has 0 bridgehead atoms. The highest BCUT2D eigenvalue weighted by Crippen LogP contribution is 2.11. The number of rotatable bonds is 7. The Kier molecular flexibility index (Phi) is 6.94. The van der Waals surface area contributed by atoms with Crippen LogP contribution in [0.3, 0.4) is 0 Å². The Hall–Kier alpha value is -1.82. The molecule has 0 heterocycles. The average molecular weight is 298 g/mol. The first kappa shape index (κ1) is 17.2. The number of carbonyl (C=O) groups is 1. The van der Waals surface area contributed by atoms with Crippen molar-refractivity contribution in [2.24, 2.45) is 0 Å². The fraction of sp³-hybridized carbons (Fsp3) is 0.533. The first-order valence-electron chi connectivity index (χ1n) is 6.96. The Morgan fingerprint density at radius 2 is 2.00 bits per heavy atom. The van der Waals surface area contributed by atoms with Crippen LogP contribution in [0.1, 0.15) is 20.3 Å². The molecule has 5 nitrogen and oxygen atoms in total. The van der Waals surface area contributed by atoms with Crippen molar-refractivity contribution in [2.75, 3.05) is 20.2 Å². The van der Waals surface area contributed by atoms with Gasteiger partial charge in [0, 0.05) is 13.6 Å². The number of benzene rings is 1. The lowest BCUT2D eigenvalue weighted by Crippen LogP contribution is -2.44. The van der Waals surface area contributed by atoms with E-state index >= 15 is 0 Å². The molecule has 0 aromatic heterocycles. The number of carbonyl (C=O) groups excluding carboxylic acids is 1. The molecule has 1 aromatic rings. The number of ether oxygens (including phenoxy) is 1. The van der Waals surface area contributed by atoms with Crippen LogP contribution < -0.4 is 10.1 Å². The quantitative estimate of drug-likeness (QED) is 0.809. The van der Waals surface area contributed by atoms with Gasteiger partial charge in [0.1, 0.15) is 18.2 Å². The van der Waals surface area contributed by atoms with Gasteiger partial charge >= 0.3 is 6.03 Å². The monoisotopic (exact) mass is 298 g/mol. The lowest BCUT2D eigenvalue weighted by molar-refractivity contribution is 0.160. The molecule has 0 radical (unpaired) electrons. The second-order valence-electron chi connectivity index (χ2n) is 5.17. The van der Waals surface area contributed by atoms with Crippen LogP contribution in [0, 0.1) is 5.82 Å². The number of hydrogen-bond acceptors (Lipinski definition) is 3. The molecule has 0 spiro atoms. The molecule has 6 heteroatoms. The second kappa shape index (κ2) is 8.46. The van der Waals surface area contributed by atoms with Crippen molar-refractivity contribution in [3.8, 4) is 5.75 Å². The van der Waals surface area contributed by atoms with Crippen molar-refractivity contribution < 1.29 is 19.0 Å². The number of halogens is 1. The molecule has 0 fully saturated rings. The largest absolute Gasteiger partial charge is 0.491 e. The van der Waals surface area contributed by atoms with E-state index in [4.69, 9.17) is 4.74 Å². The standard InChI is InChI=1S/C15H23FN2O3/c1-11(10-21-14-6-4-13(16)5-7-14)17-15(20)18(3)9-8-12(2)19/h4-7,11-12,19H,8-10H2,1-3H3,(H,17,20).